The van der Waals surface area contributed by atoms with Crippen molar-refractivity contribution in [3.63, 3.8) is 0 Å². The van der Waals surface area contributed by atoms with Crippen molar-refractivity contribution >= 4 is 33.6 Å². The van der Waals surface area contributed by atoms with Crippen LogP contribution in [0.15, 0.2) is 51.7 Å². The minimum absolute atomic E-state index is 0.327. The number of hydrogen-bond donors (Lipinski definition) is 1. The maximum absolute atomic E-state index is 12.6. The SMILES string of the molecule is CCc1cc(=O)oc2cc(OC(C)C(=O)Nc3cccc4nn(C)nc34)ccc12. The molecule has 1 amide bonds. The number of aromatic nitrogens is 3. The Balaban J connectivity index is 1.54. The second kappa shape index (κ2) is 7.38. The molecule has 1 atom stereocenters. The van der Waals surface area contributed by atoms with E-state index in [1.54, 1.807) is 38.2 Å². The number of anilines is 1. The van der Waals surface area contributed by atoms with Gasteiger partial charge < -0.3 is 14.5 Å². The van der Waals surface area contributed by atoms with Crippen molar-refractivity contribution in [1.29, 1.82) is 0 Å². The van der Waals surface area contributed by atoms with Gasteiger partial charge in [-0.25, -0.2) is 4.79 Å². The molecule has 2 aromatic heterocycles. The van der Waals surface area contributed by atoms with Gasteiger partial charge in [0, 0.05) is 24.6 Å². The first-order valence-electron chi connectivity index (χ1n) is 9.29. The predicted molar refractivity (Wildman–Crippen MR) is 109 cm³/mol. The first-order valence-corrected chi connectivity index (χ1v) is 9.29. The van der Waals surface area contributed by atoms with Crippen LogP contribution in [0.25, 0.3) is 22.0 Å². The number of amides is 1. The van der Waals surface area contributed by atoms with E-state index in [1.807, 2.05) is 19.1 Å². The molecule has 1 N–H and O–H groups in total. The summed E-state index contributed by atoms with van der Waals surface area (Å²) in [7, 11) is 1.72. The molecule has 2 aromatic carbocycles. The number of carbonyl (C=O) groups excluding carboxylic acids is 1. The number of carbonyl (C=O) groups is 1. The van der Waals surface area contributed by atoms with E-state index in [4.69, 9.17) is 9.15 Å². The molecule has 0 saturated carbocycles. The summed E-state index contributed by atoms with van der Waals surface area (Å²) in [6, 6.07) is 12.1. The van der Waals surface area contributed by atoms with Gasteiger partial charge >= 0.3 is 5.63 Å². The second-order valence-electron chi connectivity index (χ2n) is 6.71. The van der Waals surface area contributed by atoms with Crippen molar-refractivity contribution in [2.24, 2.45) is 7.05 Å². The molecule has 4 rings (SSSR count). The van der Waals surface area contributed by atoms with E-state index in [2.05, 4.69) is 15.5 Å². The second-order valence-corrected chi connectivity index (χ2v) is 6.71. The van der Waals surface area contributed by atoms with Gasteiger partial charge in [0.25, 0.3) is 5.91 Å². The Morgan fingerprint density at radius 3 is 2.86 bits per heavy atom. The molecule has 0 aliphatic rings. The van der Waals surface area contributed by atoms with E-state index in [9.17, 15) is 9.59 Å². The van der Waals surface area contributed by atoms with Gasteiger partial charge in [0.1, 0.15) is 22.4 Å². The normalized spacial score (nSPS) is 12.2. The lowest BCUT2D eigenvalue weighted by atomic mass is 10.1. The Hall–Kier alpha value is -3.68. The van der Waals surface area contributed by atoms with Crippen LogP contribution in [0.3, 0.4) is 0 Å². The van der Waals surface area contributed by atoms with Gasteiger partial charge in [0.15, 0.2) is 6.10 Å². The fraction of sp³-hybridized carbons (Fsp3) is 0.238. The lowest BCUT2D eigenvalue weighted by Crippen LogP contribution is -2.30. The smallest absolute Gasteiger partial charge is 0.336 e. The first-order chi connectivity index (χ1) is 13.9. The van der Waals surface area contributed by atoms with Gasteiger partial charge in [-0.1, -0.05) is 13.0 Å². The lowest BCUT2D eigenvalue weighted by molar-refractivity contribution is -0.122. The molecule has 1 unspecified atom stereocenters. The molecule has 0 aliphatic heterocycles. The van der Waals surface area contributed by atoms with Crippen LogP contribution in [-0.4, -0.2) is 27.0 Å². The van der Waals surface area contributed by atoms with Crippen molar-refractivity contribution in [3.8, 4) is 5.75 Å². The number of aryl methyl sites for hydroxylation is 2. The summed E-state index contributed by atoms with van der Waals surface area (Å²) in [6.45, 7) is 3.62. The highest BCUT2D eigenvalue weighted by Crippen LogP contribution is 2.24. The molecular weight excluding hydrogens is 372 g/mol. The number of rotatable bonds is 5. The van der Waals surface area contributed by atoms with Crippen LogP contribution < -0.4 is 15.7 Å². The van der Waals surface area contributed by atoms with Crippen molar-refractivity contribution in [3.05, 3.63) is 58.4 Å². The molecule has 8 heteroatoms. The number of hydrogen-bond acceptors (Lipinski definition) is 6. The standard InChI is InChI=1S/C21H20N4O4/c1-4-13-10-19(26)29-18-11-14(8-9-15(13)18)28-12(2)21(27)22-16-6-5-7-17-20(16)24-25(3)23-17/h5-12H,4H2,1-3H3,(H,22,27). The summed E-state index contributed by atoms with van der Waals surface area (Å²) in [5.74, 6) is 0.112. The van der Waals surface area contributed by atoms with Crippen molar-refractivity contribution < 1.29 is 13.9 Å². The zero-order valence-corrected chi connectivity index (χ0v) is 16.3. The Kier molecular flexibility index (Phi) is 4.75. The highest BCUT2D eigenvalue weighted by Gasteiger charge is 2.18. The third-order valence-corrected chi connectivity index (χ3v) is 4.63. The van der Waals surface area contributed by atoms with E-state index in [-0.39, 0.29) is 5.91 Å². The van der Waals surface area contributed by atoms with E-state index in [0.717, 1.165) is 17.4 Å². The fourth-order valence-electron chi connectivity index (χ4n) is 3.21. The van der Waals surface area contributed by atoms with Gasteiger partial charge in [-0.2, -0.15) is 15.0 Å². The minimum Gasteiger partial charge on any atom is -0.481 e. The Morgan fingerprint density at radius 2 is 2.07 bits per heavy atom. The van der Waals surface area contributed by atoms with E-state index in [1.165, 1.54) is 10.9 Å². The first kappa shape index (κ1) is 18.7. The monoisotopic (exact) mass is 392 g/mol. The molecule has 0 spiro atoms. The van der Waals surface area contributed by atoms with Crippen LogP contribution in [0.5, 0.6) is 5.75 Å². The highest BCUT2D eigenvalue weighted by molar-refractivity contribution is 6.01. The molecule has 0 radical (unpaired) electrons. The zero-order valence-electron chi connectivity index (χ0n) is 16.3. The van der Waals surface area contributed by atoms with Crippen molar-refractivity contribution in [1.82, 2.24) is 15.0 Å². The number of nitrogens with one attached hydrogen (secondary N) is 1. The van der Waals surface area contributed by atoms with E-state index in [0.29, 0.717) is 28.1 Å². The third-order valence-electron chi connectivity index (χ3n) is 4.63. The van der Waals surface area contributed by atoms with Gasteiger partial charge in [-0.05, 0) is 43.2 Å². The Labute approximate surface area is 166 Å². The Bertz CT molecular complexity index is 1270. The molecule has 0 fully saturated rings. The van der Waals surface area contributed by atoms with Gasteiger partial charge in [0.05, 0.1) is 5.69 Å². The molecule has 2 heterocycles. The van der Waals surface area contributed by atoms with Crippen LogP contribution in [0.4, 0.5) is 5.69 Å². The molecule has 0 bridgehead atoms. The molecule has 148 valence electrons. The Morgan fingerprint density at radius 1 is 1.24 bits per heavy atom. The average molecular weight is 392 g/mol. The zero-order chi connectivity index (χ0) is 20.5. The largest absolute Gasteiger partial charge is 0.481 e. The summed E-state index contributed by atoms with van der Waals surface area (Å²) in [5.41, 5.74) is 2.79. The van der Waals surface area contributed by atoms with Crippen LogP contribution >= 0.6 is 0 Å². The maximum Gasteiger partial charge on any atom is 0.336 e. The minimum atomic E-state index is -0.777. The summed E-state index contributed by atoms with van der Waals surface area (Å²) in [5, 5.41) is 12.2. The summed E-state index contributed by atoms with van der Waals surface area (Å²) >= 11 is 0. The van der Waals surface area contributed by atoms with Crippen LogP contribution in [0.2, 0.25) is 0 Å². The summed E-state index contributed by atoms with van der Waals surface area (Å²) in [4.78, 5) is 25.8. The molecule has 29 heavy (non-hydrogen) atoms. The molecule has 0 aliphatic carbocycles. The number of fused-ring (bicyclic) bond motifs is 2. The molecular formula is C21H20N4O4. The van der Waals surface area contributed by atoms with Crippen molar-refractivity contribution in [2.75, 3.05) is 5.32 Å². The molecule has 0 saturated heterocycles. The van der Waals surface area contributed by atoms with Crippen LogP contribution in [0, 0.1) is 0 Å². The molecule has 8 nitrogen and oxygen atoms in total. The predicted octanol–water partition coefficient (Wildman–Crippen LogP) is 3.04. The van der Waals surface area contributed by atoms with E-state index >= 15 is 0 Å². The van der Waals surface area contributed by atoms with Crippen molar-refractivity contribution in [2.45, 2.75) is 26.4 Å². The van der Waals surface area contributed by atoms with Gasteiger partial charge in [0.2, 0.25) is 0 Å². The highest BCUT2D eigenvalue weighted by atomic mass is 16.5. The summed E-state index contributed by atoms with van der Waals surface area (Å²) in [6.07, 6.45) is -0.0601. The maximum atomic E-state index is 12.6. The van der Waals surface area contributed by atoms with E-state index < -0.39 is 11.7 Å². The lowest BCUT2D eigenvalue weighted by Gasteiger charge is -2.15. The van der Waals surface area contributed by atoms with Gasteiger partial charge in [-0.3, -0.25) is 4.79 Å². The average Bonchev–Trinajstić information content (AvgIpc) is 3.08. The number of nitrogens with zero attached hydrogens (tertiary/aromatic N) is 3. The fourth-order valence-corrected chi connectivity index (χ4v) is 3.21. The quantitative estimate of drug-likeness (QED) is 0.524. The number of ether oxygens (including phenoxy) is 1. The topological polar surface area (TPSA) is 99.2 Å². The van der Waals surface area contributed by atoms with Crippen LogP contribution in [-0.2, 0) is 18.3 Å². The third kappa shape index (κ3) is 3.69. The molecule has 4 aromatic rings. The summed E-state index contributed by atoms with van der Waals surface area (Å²) < 4.78 is 11.1. The number of benzene rings is 2. The van der Waals surface area contributed by atoms with Crippen LogP contribution in [0.1, 0.15) is 19.4 Å². The van der Waals surface area contributed by atoms with Gasteiger partial charge in [-0.15, -0.1) is 0 Å².